The summed E-state index contributed by atoms with van der Waals surface area (Å²) in [6.45, 7) is 6.28. The number of nitrogens with zero attached hydrogens (tertiary/aromatic N) is 3. The maximum atomic E-state index is 13.7. The molecular weight excluding hydrogens is 428 g/mol. The Morgan fingerprint density at radius 1 is 1.15 bits per heavy atom. The molecule has 1 aliphatic heterocycles. The zero-order valence-electron chi connectivity index (χ0n) is 19.2. The van der Waals surface area contributed by atoms with Crippen LogP contribution < -0.4 is 15.0 Å². The molecule has 0 spiro atoms. The van der Waals surface area contributed by atoms with Crippen molar-refractivity contribution in [2.24, 2.45) is 0 Å². The van der Waals surface area contributed by atoms with E-state index in [0.717, 1.165) is 30.2 Å². The third-order valence-corrected chi connectivity index (χ3v) is 6.00. The molecule has 0 unspecified atom stereocenters. The molecule has 0 amide bonds. The highest BCUT2D eigenvalue weighted by Gasteiger charge is 2.38. The summed E-state index contributed by atoms with van der Waals surface area (Å²) in [6.07, 6.45) is 1.75. The van der Waals surface area contributed by atoms with Gasteiger partial charge in [0.1, 0.15) is 23.0 Å². The van der Waals surface area contributed by atoms with E-state index in [-0.39, 0.29) is 11.5 Å². The van der Waals surface area contributed by atoms with E-state index >= 15 is 0 Å². The molecule has 2 aliphatic rings. The number of anilines is 2. The quantitative estimate of drug-likeness (QED) is 0.596. The van der Waals surface area contributed by atoms with Crippen molar-refractivity contribution in [3.63, 3.8) is 0 Å². The minimum atomic E-state index is -0.228. The van der Waals surface area contributed by atoms with Crippen LogP contribution in [-0.2, 0) is 6.54 Å². The van der Waals surface area contributed by atoms with Gasteiger partial charge in [0.2, 0.25) is 5.78 Å². The lowest BCUT2D eigenvalue weighted by Crippen LogP contribution is -2.31. The monoisotopic (exact) mass is 454 g/mol. The van der Waals surface area contributed by atoms with Gasteiger partial charge in [-0.15, -0.1) is 0 Å². The standard InChI is InChI=1S/C27H26N4O3/c1-17-24-20(8-6-9-21(24)32)26(33)25-27(17)34-22-10-5-4-7-18(22)16-31(25)19-11-12-23(29-15-19)28-13-14-30(2)3/h4-12,15,32H,1,13-14,16H2,2-3H3,(H,28,29). The maximum Gasteiger partial charge on any atom is 0.214 e. The number of phenolic OH excluding ortho intramolecular Hbond substituents is 1. The molecule has 5 rings (SSSR count). The van der Waals surface area contributed by atoms with Crippen LogP contribution in [0.2, 0.25) is 0 Å². The number of ether oxygens (including phenoxy) is 1. The van der Waals surface area contributed by atoms with Crippen molar-refractivity contribution in [3.8, 4) is 11.5 Å². The number of Topliss-reactive ketones (excluding diaryl/α,β-unsaturated/α-hetero) is 1. The van der Waals surface area contributed by atoms with E-state index in [4.69, 9.17) is 4.74 Å². The van der Waals surface area contributed by atoms with Crippen molar-refractivity contribution >= 4 is 22.9 Å². The average molecular weight is 455 g/mol. The topological polar surface area (TPSA) is 77.9 Å². The number of carbonyl (C=O) groups is 1. The molecule has 7 nitrogen and oxygen atoms in total. The number of fused-ring (bicyclic) bond motifs is 2. The number of benzene rings is 2. The largest absolute Gasteiger partial charge is 0.507 e. The Morgan fingerprint density at radius 2 is 1.97 bits per heavy atom. The average Bonchev–Trinajstić information content (AvgIpc) is 3.00. The molecule has 2 aromatic carbocycles. The predicted octanol–water partition coefficient (Wildman–Crippen LogP) is 4.28. The van der Waals surface area contributed by atoms with Crippen LogP contribution in [0.15, 0.2) is 78.8 Å². The van der Waals surface area contributed by atoms with E-state index in [0.29, 0.717) is 40.5 Å². The Bertz CT molecular complexity index is 1310. The molecule has 0 saturated heterocycles. The van der Waals surface area contributed by atoms with Crippen LogP contribution in [-0.4, -0.2) is 48.0 Å². The summed E-state index contributed by atoms with van der Waals surface area (Å²) >= 11 is 0. The number of likely N-dealkylation sites (N-methyl/N-ethyl adjacent to an activating group) is 1. The first kappa shape index (κ1) is 21.7. The fourth-order valence-corrected chi connectivity index (χ4v) is 4.26. The van der Waals surface area contributed by atoms with Crippen molar-refractivity contribution in [2.45, 2.75) is 6.54 Å². The molecule has 2 N–H and O–H groups in total. The molecule has 7 heteroatoms. The number of hydrogen-bond acceptors (Lipinski definition) is 7. The molecule has 3 aromatic rings. The summed E-state index contributed by atoms with van der Waals surface area (Å²) in [5, 5.41) is 13.8. The number of carbonyl (C=O) groups excluding carboxylic acids is 1. The number of phenols is 1. The molecule has 0 atom stereocenters. The molecule has 0 saturated carbocycles. The van der Waals surface area contributed by atoms with Gasteiger partial charge in [0, 0.05) is 35.4 Å². The normalized spacial score (nSPS) is 14.9. The van der Waals surface area contributed by atoms with Gasteiger partial charge >= 0.3 is 0 Å². The second-order valence-electron chi connectivity index (χ2n) is 8.61. The number of nitrogens with one attached hydrogen (secondary N) is 1. The summed E-state index contributed by atoms with van der Waals surface area (Å²) in [6, 6.07) is 16.5. The van der Waals surface area contributed by atoms with Gasteiger partial charge in [0.05, 0.1) is 18.4 Å². The minimum Gasteiger partial charge on any atom is -0.507 e. The van der Waals surface area contributed by atoms with Crippen LogP contribution in [0.5, 0.6) is 11.5 Å². The number of para-hydroxylation sites is 1. The van der Waals surface area contributed by atoms with Crippen LogP contribution in [0.25, 0.3) is 5.57 Å². The van der Waals surface area contributed by atoms with Crippen molar-refractivity contribution in [1.82, 2.24) is 9.88 Å². The van der Waals surface area contributed by atoms with E-state index in [1.165, 1.54) is 0 Å². The highest BCUT2D eigenvalue weighted by atomic mass is 16.5. The lowest BCUT2D eigenvalue weighted by molar-refractivity contribution is 0.102. The number of aromatic hydroxyl groups is 1. The summed E-state index contributed by atoms with van der Waals surface area (Å²) in [7, 11) is 4.05. The molecule has 0 radical (unpaired) electrons. The van der Waals surface area contributed by atoms with Crippen LogP contribution in [0.3, 0.4) is 0 Å². The lowest BCUT2D eigenvalue weighted by atomic mass is 9.87. The van der Waals surface area contributed by atoms with Gasteiger partial charge < -0.3 is 25.0 Å². The smallest absolute Gasteiger partial charge is 0.214 e. The number of ketones is 1. The molecule has 0 bridgehead atoms. The zero-order valence-corrected chi connectivity index (χ0v) is 19.2. The van der Waals surface area contributed by atoms with Gasteiger partial charge in [-0.2, -0.15) is 0 Å². The number of rotatable bonds is 5. The van der Waals surface area contributed by atoms with Crippen LogP contribution in [0, 0.1) is 0 Å². The van der Waals surface area contributed by atoms with Crippen molar-refractivity contribution in [3.05, 3.63) is 95.5 Å². The fourth-order valence-electron chi connectivity index (χ4n) is 4.26. The number of pyridine rings is 1. The Hall–Kier alpha value is -4.10. The Kier molecular flexibility index (Phi) is 5.55. The van der Waals surface area contributed by atoms with Crippen molar-refractivity contribution in [1.29, 1.82) is 0 Å². The first-order chi connectivity index (χ1) is 16.4. The molecule has 2 heterocycles. The van der Waals surface area contributed by atoms with Crippen LogP contribution in [0.1, 0.15) is 21.5 Å². The Balaban J connectivity index is 1.58. The zero-order chi connectivity index (χ0) is 23.8. The van der Waals surface area contributed by atoms with Crippen LogP contribution in [0.4, 0.5) is 11.5 Å². The third kappa shape index (κ3) is 3.80. The van der Waals surface area contributed by atoms with E-state index in [9.17, 15) is 9.90 Å². The molecule has 172 valence electrons. The molecule has 1 aliphatic carbocycles. The number of allylic oxidation sites excluding steroid dienone is 2. The Morgan fingerprint density at radius 3 is 2.74 bits per heavy atom. The summed E-state index contributed by atoms with van der Waals surface area (Å²) in [5.41, 5.74) is 3.35. The van der Waals surface area contributed by atoms with E-state index in [1.54, 1.807) is 24.4 Å². The first-order valence-corrected chi connectivity index (χ1v) is 11.1. The van der Waals surface area contributed by atoms with Gasteiger partial charge in [-0.1, -0.05) is 36.9 Å². The summed E-state index contributed by atoms with van der Waals surface area (Å²) in [4.78, 5) is 22.3. The van der Waals surface area contributed by atoms with E-state index in [2.05, 4.69) is 21.8 Å². The summed E-state index contributed by atoms with van der Waals surface area (Å²) in [5.74, 6) is 1.54. The molecule has 0 fully saturated rings. The van der Waals surface area contributed by atoms with E-state index in [1.807, 2.05) is 55.4 Å². The minimum absolute atomic E-state index is 0.00454. The van der Waals surface area contributed by atoms with Gasteiger partial charge in [-0.05, 0) is 38.4 Å². The third-order valence-electron chi connectivity index (χ3n) is 6.00. The molecule has 1 aromatic heterocycles. The number of aromatic nitrogens is 1. The van der Waals surface area contributed by atoms with Crippen molar-refractivity contribution < 1.29 is 14.6 Å². The fraction of sp³-hybridized carbons (Fsp3) is 0.185. The van der Waals surface area contributed by atoms with Crippen LogP contribution >= 0.6 is 0 Å². The first-order valence-electron chi connectivity index (χ1n) is 11.1. The number of hydrogen-bond donors (Lipinski definition) is 2. The highest BCUT2D eigenvalue weighted by Crippen LogP contribution is 2.44. The second-order valence-corrected chi connectivity index (χ2v) is 8.61. The van der Waals surface area contributed by atoms with Gasteiger partial charge in [0.15, 0.2) is 5.76 Å². The summed E-state index contributed by atoms with van der Waals surface area (Å²) < 4.78 is 6.28. The molecular formula is C27H26N4O3. The Labute approximate surface area is 198 Å². The van der Waals surface area contributed by atoms with Crippen molar-refractivity contribution in [2.75, 3.05) is 37.4 Å². The predicted molar refractivity (Wildman–Crippen MR) is 133 cm³/mol. The van der Waals surface area contributed by atoms with Gasteiger partial charge in [-0.25, -0.2) is 4.98 Å². The van der Waals surface area contributed by atoms with E-state index < -0.39 is 0 Å². The van der Waals surface area contributed by atoms with Gasteiger partial charge in [-0.3, -0.25) is 4.79 Å². The second kappa shape index (κ2) is 8.68. The maximum absolute atomic E-state index is 13.7. The highest BCUT2D eigenvalue weighted by molar-refractivity contribution is 6.19. The SMILES string of the molecule is C=C1C2=C(C(=O)c3cccc(O)c31)N(c1ccc(NCCN(C)C)nc1)Cc1ccccc1O2. The molecule has 34 heavy (non-hydrogen) atoms. The van der Waals surface area contributed by atoms with Gasteiger partial charge in [0.25, 0.3) is 0 Å². The lowest BCUT2D eigenvalue weighted by Gasteiger charge is -2.30.